The zero-order valence-corrected chi connectivity index (χ0v) is 15.6. The average Bonchev–Trinajstić information content (AvgIpc) is 2.99. The Balaban J connectivity index is 1.50. The zero-order chi connectivity index (χ0) is 17.5. The minimum Gasteiger partial charge on any atom is -0.347 e. The van der Waals surface area contributed by atoms with Crippen LogP contribution in [0.3, 0.4) is 0 Å². The summed E-state index contributed by atoms with van der Waals surface area (Å²) in [5.41, 5.74) is 2.43. The first kappa shape index (κ1) is 18.0. The second kappa shape index (κ2) is 9.06. The first-order valence-electron chi connectivity index (χ1n) is 9.98. The monoisotopic (exact) mass is 337 g/mol. The molecule has 0 radical (unpaired) electrons. The summed E-state index contributed by atoms with van der Waals surface area (Å²) in [5, 5.41) is 10.3. The largest absolute Gasteiger partial charge is 0.347 e. The van der Waals surface area contributed by atoms with Crippen LogP contribution in [-0.2, 0) is 13.0 Å². The number of hydrogen-bond acceptors (Lipinski definition) is 2. The fourth-order valence-corrected chi connectivity index (χ4v) is 4.19. The molecule has 3 rings (SSSR count). The SMILES string of the molecule is CCCCC1CCN(CCCn2cc(CC#N)c3ccccc32)CC1. The quantitative estimate of drug-likeness (QED) is 0.679. The van der Waals surface area contributed by atoms with Crippen LogP contribution < -0.4 is 0 Å². The molecule has 1 aliphatic rings. The van der Waals surface area contributed by atoms with E-state index in [2.05, 4.69) is 52.9 Å². The van der Waals surface area contributed by atoms with Crippen molar-refractivity contribution in [2.24, 2.45) is 5.92 Å². The molecular formula is C22H31N3. The highest BCUT2D eigenvalue weighted by Gasteiger charge is 2.18. The number of nitriles is 1. The van der Waals surface area contributed by atoms with E-state index in [-0.39, 0.29) is 0 Å². The average molecular weight is 338 g/mol. The van der Waals surface area contributed by atoms with Crippen LogP contribution in [-0.4, -0.2) is 29.1 Å². The Morgan fingerprint density at radius 1 is 1.12 bits per heavy atom. The van der Waals surface area contributed by atoms with Crippen molar-refractivity contribution in [1.82, 2.24) is 9.47 Å². The normalized spacial score (nSPS) is 16.3. The Morgan fingerprint density at radius 2 is 1.92 bits per heavy atom. The van der Waals surface area contributed by atoms with Crippen molar-refractivity contribution in [1.29, 1.82) is 5.26 Å². The van der Waals surface area contributed by atoms with Gasteiger partial charge >= 0.3 is 0 Å². The molecule has 0 amide bonds. The molecule has 1 aliphatic heterocycles. The van der Waals surface area contributed by atoms with E-state index in [0.717, 1.165) is 18.0 Å². The molecule has 1 aromatic heterocycles. The number of fused-ring (bicyclic) bond motifs is 1. The lowest BCUT2D eigenvalue weighted by molar-refractivity contribution is 0.174. The maximum atomic E-state index is 9.04. The van der Waals surface area contributed by atoms with Gasteiger partial charge in [0.1, 0.15) is 0 Å². The second-order valence-electron chi connectivity index (χ2n) is 7.48. The number of benzene rings is 1. The highest BCUT2D eigenvalue weighted by molar-refractivity contribution is 5.84. The highest BCUT2D eigenvalue weighted by Crippen LogP contribution is 2.24. The van der Waals surface area contributed by atoms with E-state index in [1.54, 1.807) is 0 Å². The van der Waals surface area contributed by atoms with Crippen molar-refractivity contribution < 1.29 is 0 Å². The zero-order valence-electron chi connectivity index (χ0n) is 15.6. The molecule has 1 fully saturated rings. The number of rotatable bonds is 8. The maximum absolute atomic E-state index is 9.04. The van der Waals surface area contributed by atoms with E-state index < -0.39 is 0 Å². The van der Waals surface area contributed by atoms with Crippen molar-refractivity contribution in [3.05, 3.63) is 36.0 Å². The molecule has 134 valence electrons. The molecule has 2 heterocycles. The van der Waals surface area contributed by atoms with Gasteiger partial charge in [0.25, 0.3) is 0 Å². The molecule has 3 heteroatoms. The molecule has 0 spiro atoms. The molecule has 0 aliphatic carbocycles. The molecular weight excluding hydrogens is 306 g/mol. The number of aromatic nitrogens is 1. The van der Waals surface area contributed by atoms with E-state index in [9.17, 15) is 0 Å². The Bertz CT molecular complexity index is 702. The summed E-state index contributed by atoms with van der Waals surface area (Å²) in [6, 6.07) is 10.8. The first-order chi connectivity index (χ1) is 12.3. The lowest BCUT2D eigenvalue weighted by atomic mass is 9.91. The smallest absolute Gasteiger partial charge is 0.0670 e. The standard InChI is InChI=1S/C22H31N3/c1-2-3-7-19-11-16-24(17-12-19)14-6-15-25-18-20(10-13-23)21-8-4-5-9-22(21)25/h4-5,8-9,18-19H,2-3,6-7,10-12,14-17H2,1H3. The fraction of sp³-hybridized carbons (Fsp3) is 0.591. The molecule has 0 atom stereocenters. The number of para-hydroxylation sites is 1. The van der Waals surface area contributed by atoms with Crippen LogP contribution >= 0.6 is 0 Å². The van der Waals surface area contributed by atoms with Crippen LogP contribution in [0.1, 0.15) is 51.0 Å². The summed E-state index contributed by atoms with van der Waals surface area (Å²) >= 11 is 0. The van der Waals surface area contributed by atoms with Crippen molar-refractivity contribution in [3.63, 3.8) is 0 Å². The van der Waals surface area contributed by atoms with E-state index in [4.69, 9.17) is 5.26 Å². The van der Waals surface area contributed by atoms with E-state index in [1.165, 1.54) is 69.1 Å². The Labute approximate surface area is 152 Å². The second-order valence-corrected chi connectivity index (χ2v) is 7.48. The maximum Gasteiger partial charge on any atom is 0.0670 e. The van der Waals surface area contributed by atoms with Crippen LogP contribution in [0.4, 0.5) is 0 Å². The number of hydrogen-bond donors (Lipinski definition) is 0. The molecule has 0 saturated carbocycles. The number of aryl methyl sites for hydroxylation is 1. The van der Waals surface area contributed by atoms with Gasteiger partial charge in [0.2, 0.25) is 0 Å². The van der Waals surface area contributed by atoms with E-state index >= 15 is 0 Å². The third-order valence-electron chi connectivity index (χ3n) is 5.69. The third kappa shape index (κ3) is 4.64. The van der Waals surface area contributed by atoms with Crippen LogP contribution in [0.25, 0.3) is 10.9 Å². The van der Waals surface area contributed by atoms with Gasteiger partial charge in [-0.25, -0.2) is 0 Å². The summed E-state index contributed by atoms with van der Waals surface area (Å²) in [4.78, 5) is 2.64. The fourth-order valence-electron chi connectivity index (χ4n) is 4.19. The van der Waals surface area contributed by atoms with Gasteiger partial charge in [-0.3, -0.25) is 0 Å². The Morgan fingerprint density at radius 3 is 2.68 bits per heavy atom. The van der Waals surface area contributed by atoms with Crippen molar-refractivity contribution in [3.8, 4) is 6.07 Å². The summed E-state index contributed by atoms with van der Waals surface area (Å²) in [7, 11) is 0. The number of nitrogens with zero attached hydrogens (tertiary/aromatic N) is 3. The van der Waals surface area contributed by atoms with Crippen molar-refractivity contribution in [2.45, 2.75) is 58.4 Å². The van der Waals surface area contributed by atoms with E-state index in [0.29, 0.717) is 6.42 Å². The van der Waals surface area contributed by atoms with Crippen LogP contribution in [0.15, 0.2) is 30.5 Å². The van der Waals surface area contributed by atoms with Crippen LogP contribution in [0.2, 0.25) is 0 Å². The van der Waals surface area contributed by atoms with Crippen molar-refractivity contribution in [2.75, 3.05) is 19.6 Å². The van der Waals surface area contributed by atoms with Gasteiger partial charge in [-0.1, -0.05) is 44.4 Å². The summed E-state index contributed by atoms with van der Waals surface area (Å²) < 4.78 is 2.34. The molecule has 1 saturated heterocycles. The topological polar surface area (TPSA) is 32.0 Å². The molecule has 25 heavy (non-hydrogen) atoms. The van der Waals surface area contributed by atoms with Crippen LogP contribution in [0.5, 0.6) is 0 Å². The molecule has 2 aromatic rings. The molecule has 0 N–H and O–H groups in total. The third-order valence-corrected chi connectivity index (χ3v) is 5.69. The molecule has 3 nitrogen and oxygen atoms in total. The van der Waals surface area contributed by atoms with Gasteiger partial charge in [0.05, 0.1) is 12.5 Å². The summed E-state index contributed by atoms with van der Waals surface area (Å²) in [6.07, 6.45) is 10.8. The predicted octanol–water partition coefficient (Wildman–Crippen LogP) is 5.00. The van der Waals surface area contributed by atoms with E-state index in [1.807, 2.05) is 0 Å². The van der Waals surface area contributed by atoms with Gasteiger partial charge in [-0.15, -0.1) is 0 Å². The lowest BCUT2D eigenvalue weighted by Crippen LogP contribution is -2.34. The Hall–Kier alpha value is -1.79. The summed E-state index contributed by atoms with van der Waals surface area (Å²) in [6.45, 7) is 7.09. The molecule has 0 unspecified atom stereocenters. The summed E-state index contributed by atoms with van der Waals surface area (Å²) in [5.74, 6) is 0.970. The molecule has 1 aromatic carbocycles. The predicted molar refractivity (Wildman–Crippen MR) is 105 cm³/mol. The Kier molecular flexibility index (Phi) is 6.53. The van der Waals surface area contributed by atoms with Gasteiger partial charge in [-0.05, 0) is 56.4 Å². The lowest BCUT2D eigenvalue weighted by Gasteiger charge is -2.32. The minimum absolute atomic E-state index is 0.499. The van der Waals surface area contributed by atoms with Crippen molar-refractivity contribution >= 4 is 10.9 Å². The minimum atomic E-state index is 0.499. The number of piperidine rings is 1. The van der Waals surface area contributed by atoms with Gasteiger partial charge in [0.15, 0.2) is 0 Å². The van der Waals surface area contributed by atoms with Gasteiger partial charge in [-0.2, -0.15) is 5.26 Å². The van der Waals surface area contributed by atoms with Gasteiger partial charge in [0, 0.05) is 23.6 Å². The number of unbranched alkanes of at least 4 members (excludes halogenated alkanes) is 1. The van der Waals surface area contributed by atoms with Gasteiger partial charge < -0.3 is 9.47 Å². The highest BCUT2D eigenvalue weighted by atomic mass is 15.1. The number of likely N-dealkylation sites (tertiary alicyclic amines) is 1. The first-order valence-corrected chi connectivity index (χ1v) is 9.98. The molecule has 0 bridgehead atoms. The van der Waals surface area contributed by atoms with Crippen LogP contribution in [0, 0.1) is 17.2 Å².